The lowest BCUT2D eigenvalue weighted by Crippen LogP contribution is -2.24. The van der Waals surface area contributed by atoms with Crippen molar-refractivity contribution in [2.75, 3.05) is 11.4 Å². The van der Waals surface area contributed by atoms with Crippen LogP contribution in [-0.4, -0.2) is 28.6 Å². The summed E-state index contributed by atoms with van der Waals surface area (Å²) in [5.74, 6) is -0.929. The molecular weight excluding hydrogens is 212 g/mol. The number of aromatic carboxylic acids is 1. The molecule has 0 saturated heterocycles. The van der Waals surface area contributed by atoms with Crippen LogP contribution in [0.25, 0.3) is 0 Å². The maximum Gasteiger partial charge on any atom is 0.355 e. The van der Waals surface area contributed by atoms with Gasteiger partial charge in [0.1, 0.15) is 0 Å². The van der Waals surface area contributed by atoms with Gasteiger partial charge in [0.25, 0.3) is 0 Å². The molecule has 0 atom stereocenters. The Bertz CT molecular complexity index is 385. The van der Waals surface area contributed by atoms with Crippen molar-refractivity contribution in [3.8, 4) is 0 Å². The molecule has 1 heterocycles. The van der Waals surface area contributed by atoms with Gasteiger partial charge in [0.05, 0.1) is 0 Å². The number of carbonyl (C=O) groups is 1. The van der Waals surface area contributed by atoms with E-state index in [-0.39, 0.29) is 5.69 Å². The third-order valence-corrected chi connectivity index (χ3v) is 3.57. The number of aromatic nitrogens is 1. The van der Waals surface area contributed by atoms with Gasteiger partial charge in [0, 0.05) is 17.5 Å². The number of carboxylic acid groups (broad SMARTS) is 1. The Kier molecular flexibility index (Phi) is 2.65. The topological polar surface area (TPSA) is 53.4 Å². The third kappa shape index (κ3) is 1.97. The second-order valence-corrected chi connectivity index (χ2v) is 4.91. The number of thiazole rings is 1. The van der Waals surface area contributed by atoms with Crippen molar-refractivity contribution >= 4 is 22.4 Å². The maximum atomic E-state index is 10.9. The lowest BCUT2D eigenvalue weighted by Gasteiger charge is -2.18. The van der Waals surface area contributed by atoms with Gasteiger partial charge < -0.3 is 10.0 Å². The number of aryl methyl sites for hydroxylation is 1. The van der Waals surface area contributed by atoms with E-state index in [9.17, 15) is 4.79 Å². The molecule has 1 aliphatic carbocycles. The average Bonchev–Trinajstić information content (AvgIpc) is 2.91. The van der Waals surface area contributed by atoms with Crippen LogP contribution in [0.3, 0.4) is 0 Å². The summed E-state index contributed by atoms with van der Waals surface area (Å²) in [6.45, 7) is 4.79. The van der Waals surface area contributed by atoms with Gasteiger partial charge >= 0.3 is 5.97 Å². The number of anilines is 1. The first-order valence-corrected chi connectivity index (χ1v) is 5.92. The molecule has 2 rings (SSSR count). The summed E-state index contributed by atoms with van der Waals surface area (Å²) in [4.78, 5) is 18.0. The highest BCUT2D eigenvalue weighted by Crippen LogP contribution is 2.34. The Balaban J connectivity index is 2.27. The fourth-order valence-electron chi connectivity index (χ4n) is 1.64. The van der Waals surface area contributed by atoms with E-state index in [1.165, 1.54) is 24.2 Å². The molecule has 82 valence electrons. The van der Waals surface area contributed by atoms with Gasteiger partial charge in [-0.2, -0.15) is 0 Å². The molecule has 5 heteroatoms. The molecule has 4 nitrogen and oxygen atoms in total. The van der Waals surface area contributed by atoms with Crippen LogP contribution in [0.5, 0.6) is 0 Å². The first-order valence-electron chi connectivity index (χ1n) is 5.10. The Morgan fingerprint density at radius 1 is 1.67 bits per heavy atom. The fourth-order valence-corrected chi connectivity index (χ4v) is 2.68. The molecule has 15 heavy (non-hydrogen) atoms. The first-order chi connectivity index (χ1) is 7.13. The second kappa shape index (κ2) is 3.81. The summed E-state index contributed by atoms with van der Waals surface area (Å²) in [6.07, 6.45) is 2.41. The zero-order valence-corrected chi connectivity index (χ0v) is 9.67. The summed E-state index contributed by atoms with van der Waals surface area (Å²) in [5.41, 5.74) is 0.203. The van der Waals surface area contributed by atoms with E-state index in [4.69, 9.17) is 5.11 Å². The van der Waals surface area contributed by atoms with Crippen molar-refractivity contribution in [2.24, 2.45) is 0 Å². The minimum absolute atomic E-state index is 0.203. The molecule has 1 aromatic rings. The average molecular weight is 226 g/mol. The number of rotatable bonds is 4. The van der Waals surface area contributed by atoms with Crippen LogP contribution in [0.4, 0.5) is 5.13 Å². The van der Waals surface area contributed by atoms with Crippen LogP contribution in [0.15, 0.2) is 0 Å². The zero-order valence-electron chi connectivity index (χ0n) is 8.86. The molecule has 0 aromatic carbocycles. The van der Waals surface area contributed by atoms with Gasteiger partial charge in [-0.15, -0.1) is 11.3 Å². The van der Waals surface area contributed by atoms with Crippen molar-refractivity contribution in [3.05, 3.63) is 10.6 Å². The highest BCUT2D eigenvalue weighted by Gasteiger charge is 2.30. The summed E-state index contributed by atoms with van der Waals surface area (Å²) in [6, 6.07) is 0.585. The lowest BCUT2D eigenvalue weighted by molar-refractivity contribution is 0.0690. The molecule has 0 radical (unpaired) electrons. The Morgan fingerprint density at radius 3 is 2.73 bits per heavy atom. The predicted octanol–water partition coefficient (Wildman–Crippen LogP) is 2.14. The molecule has 0 unspecified atom stereocenters. The monoisotopic (exact) mass is 226 g/mol. The molecular formula is C10H14N2O2S. The minimum Gasteiger partial charge on any atom is -0.476 e. The first kappa shape index (κ1) is 10.4. The molecule has 1 aromatic heterocycles. The third-order valence-electron chi connectivity index (χ3n) is 2.56. The highest BCUT2D eigenvalue weighted by atomic mass is 32.1. The predicted molar refractivity (Wildman–Crippen MR) is 59.9 cm³/mol. The van der Waals surface area contributed by atoms with Crippen molar-refractivity contribution in [1.29, 1.82) is 0 Å². The molecule has 1 aliphatic rings. The van der Waals surface area contributed by atoms with Crippen molar-refractivity contribution in [1.82, 2.24) is 4.98 Å². The summed E-state index contributed by atoms with van der Waals surface area (Å²) in [7, 11) is 0. The Hall–Kier alpha value is -1.10. The van der Waals surface area contributed by atoms with E-state index in [0.29, 0.717) is 6.04 Å². The summed E-state index contributed by atoms with van der Waals surface area (Å²) in [5, 5.41) is 9.77. The number of hydrogen-bond acceptors (Lipinski definition) is 4. The van der Waals surface area contributed by atoms with E-state index in [1.807, 2.05) is 6.92 Å². The van der Waals surface area contributed by atoms with Gasteiger partial charge in [-0.05, 0) is 26.7 Å². The number of hydrogen-bond donors (Lipinski definition) is 1. The van der Waals surface area contributed by atoms with Gasteiger partial charge in [0.15, 0.2) is 10.8 Å². The van der Waals surface area contributed by atoms with Gasteiger partial charge in [-0.25, -0.2) is 9.78 Å². The lowest BCUT2D eigenvalue weighted by atomic mass is 10.4. The van der Waals surface area contributed by atoms with Crippen LogP contribution in [0, 0.1) is 6.92 Å². The van der Waals surface area contributed by atoms with Crippen molar-refractivity contribution in [2.45, 2.75) is 32.7 Å². The van der Waals surface area contributed by atoms with Crippen molar-refractivity contribution < 1.29 is 9.90 Å². The molecule has 0 bridgehead atoms. The molecule has 0 aliphatic heterocycles. The van der Waals surface area contributed by atoms with Crippen LogP contribution < -0.4 is 4.90 Å². The Labute approximate surface area is 92.6 Å². The summed E-state index contributed by atoms with van der Waals surface area (Å²) >= 11 is 1.48. The summed E-state index contributed by atoms with van der Waals surface area (Å²) < 4.78 is 0. The molecule has 1 N–H and O–H groups in total. The molecule has 1 saturated carbocycles. The quantitative estimate of drug-likeness (QED) is 0.854. The number of nitrogens with zero attached hydrogens (tertiary/aromatic N) is 2. The van der Waals surface area contributed by atoms with Gasteiger partial charge in [-0.1, -0.05) is 0 Å². The second-order valence-electron chi connectivity index (χ2n) is 3.72. The molecule has 0 spiro atoms. The SMILES string of the molecule is CCN(c1nc(C(=O)O)c(C)s1)C1CC1. The van der Waals surface area contributed by atoms with Crippen LogP contribution in [0.1, 0.15) is 35.1 Å². The fraction of sp³-hybridized carbons (Fsp3) is 0.600. The number of carboxylic acids is 1. The van der Waals surface area contributed by atoms with E-state index in [1.54, 1.807) is 0 Å². The van der Waals surface area contributed by atoms with Crippen molar-refractivity contribution in [3.63, 3.8) is 0 Å². The van der Waals surface area contributed by atoms with E-state index in [0.717, 1.165) is 16.6 Å². The highest BCUT2D eigenvalue weighted by molar-refractivity contribution is 7.15. The zero-order chi connectivity index (χ0) is 11.0. The van der Waals surface area contributed by atoms with Gasteiger partial charge in [-0.3, -0.25) is 0 Å². The smallest absolute Gasteiger partial charge is 0.355 e. The van der Waals surface area contributed by atoms with Crippen LogP contribution in [0.2, 0.25) is 0 Å². The normalized spacial score (nSPS) is 15.3. The van der Waals surface area contributed by atoms with Gasteiger partial charge in [0.2, 0.25) is 0 Å². The van der Waals surface area contributed by atoms with Crippen LogP contribution in [-0.2, 0) is 0 Å². The van der Waals surface area contributed by atoms with E-state index >= 15 is 0 Å². The van der Waals surface area contributed by atoms with E-state index in [2.05, 4.69) is 16.8 Å². The maximum absolute atomic E-state index is 10.9. The minimum atomic E-state index is -0.929. The largest absolute Gasteiger partial charge is 0.476 e. The molecule has 1 fully saturated rings. The molecule has 0 amide bonds. The Morgan fingerprint density at radius 2 is 2.33 bits per heavy atom. The standard InChI is InChI=1S/C10H14N2O2S/c1-3-12(7-4-5-7)10-11-8(9(13)14)6(2)15-10/h7H,3-5H2,1-2H3,(H,13,14). The van der Waals surface area contributed by atoms with E-state index < -0.39 is 5.97 Å². The van der Waals surface area contributed by atoms with Crippen LogP contribution >= 0.6 is 11.3 Å².